The Hall–Kier alpha value is -3.32. The molecular formula is C21H18N4. The van der Waals surface area contributed by atoms with E-state index in [0.29, 0.717) is 11.4 Å². The van der Waals surface area contributed by atoms with Gasteiger partial charge in [0.05, 0.1) is 16.6 Å². The van der Waals surface area contributed by atoms with Gasteiger partial charge in [0.15, 0.2) is 0 Å². The fourth-order valence-electron chi connectivity index (χ4n) is 3.19. The molecule has 4 aromatic rings. The van der Waals surface area contributed by atoms with Crippen molar-refractivity contribution in [3.63, 3.8) is 0 Å². The number of nitrogens with zero attached hydrogens (tertiary/aromatic N) is 3. The average Bonchev–Trinajstić information content (AvgIpc) is 3.14. The Morgan fingerprint density at radius 1 is 1.20 bits per heavy atom. The number of aromatic amines is 1. The van der Waals surface area contributed by atoms with E-state index in [9.17, 15) is 5.26 Å². The molecule has 1 N–H and O–H groups in total. The zero-order chi connectivity index (χ0) is 17.6. The Kier molecular flexibility index (Phi) is 3.43. The minimum absolute atomic E-state index is 0.530. The lowest BCUT2D eigenvalue weighted by molar-refractivity contribution is 0.968. The van der Waals surface area contributed by atoms with E-state index in [1.807, 2.05) is 31.5 Å². The number of H-pyrrole nitrogens is 1. The van der Waals surface area contributed by atoms with Crippen molar-refractivity contribution in [2.75, 3.05) is 0 Å². The van der Waals surface area contributed by atoms with Gasteiger partial charge in [-0.1, -0.05) is 18.2 Å². The maximum absolute atomic E-state index is 9.67. The second-order valence-corrected chi connectivity index (χ2v) is 6.42. The highest BCUT2D eigenvalue weighted by Crippen LogP contribution is 2.26. The molecule has 0 saturated heterocycles. The Morgan fingerprint density at radius 2 is 1.96 bits per heavy atom. The summed E-state index contributed by atoms with van der Waals surface area (Å²) in [5.74, 6) is 0.607. The largest absolute Gasteiger partial charge is 0.350 e. The fourth-order valence-corrected chi connectivity index (χ4v) is 3.19. The van der Waals surface area contributed by atoms with Crippen molar-refractivity contribution >= 4 is 33.6 Å². The van der Waals surface area contributed by atoms with Crippen LogP contribution < -0.4 is 0 Å². The quantitative estimate of drug-likeness (QED) is 0.541. The molecule has 0 bridgehead atoms. The predicted molar refractivity (Wildman–Crippen MR) is 102 cm³/mol. The first-order valence-corrected chi connectivity index (χ1v) is 8.20. The average molecular weight is 326 g/mol. The van der Waals surface area contributed by atoms with E-state index in [1.165, 1.54) is 11.1 Å². The van der Waals surface area contributed by atoms with E-state index in [2.05, 4.69) is 58.7 Å². The van der Waals surface area contributed by atoms with Gasteiger partial charge in [0, 0.05) is 29.7 Å². The third kappa shape index (κ3) is 2.50. The molecule has 0 spiro atoms. The number of aryl methyl sites for hydroxylation is 3. The fraction of sp³-hybridized carbons (Fsp3) is 0.143. The second-order valence-electron chi connectivity index (χ2n) is 6.42. The molecule has 0 fully saturated rings. The minimum atomic E-state index is 0.530. The van der Waals surface area contributed by atoms with Crippen LogP contribution >= 0.6 is 0 Å². The number of aromatic nitrogens is 3. The first-order valence-electron chi connectivity index (χ1n) is 8.20. The van der Waals surface area contributed by atoms with Crippen molar-refractivity contribution in [2.45, 2.75) is 13.8 Å². The predicted octanol–water partition coefficient (Wildman–Crippen LogP) is 4.74. The lowest BCUT2D eigenvalue weighted by atomic mass is 10.1. The normalized spacial score (nSPS) is 12.0. The first kappa shape index (κ1) is 15.2. The van der Waals surface area contributed by atoms with Crippen LogP contribution in [0.3, 0.4) is 0 Å². The van der Waals surface area contributed by atoms with Gasteiger partial charge >= 0.3 is 0 Å². The summed E-state index contributed by atoms with van der Waals surface area (Å²) in [5, 5.41) is 10.8. The van der Waals surface area contributed by atoms with Gasteiger partial charge in [-0.25, -0.2) is 4.98 Å². The van der Waals surface area contributed by atoms with Crippen LogP contribution in [-0.2, 0) is 7.05 Å². The highest BCUT2D eigenvalue weighted by molar-refractivity contribution is 5.98. The van der Waals surface area contributed by atoms with Crippen LogP contribution in [0.25, 0.3) is 33.6 Å². The maximum Gasteiger partial charge on any atom is 0.149 e. The van der Waals surface area contributed by atoms with E-state index in [1.54, 1.807) is 0 Å². The van der Waals surface area contributed by atoms with Crippen molar-refractivity contribution in [3.05, 3.63) is 65.1 Å². The van der Waals surface area contributed by atoms with Crippen LogP contribution in [0.5, 0.6) is 0 Å². The van der Waals surface area contributed by atoms with Gasteiger partial charge in [0.1, 0.15) is 11.9 Å². The van der Waals surface area contributed by atoms with Crippen LogP contribution in [-0.4, -0.2) is 14.5 Å². The summed E-state index contributed by atoms with van der Waals surface area (Å²) in [4.78, 5) is 7.90. The molecule has 0 amide bonds. The number of imidazole rings is 1. The molecule has 2 aromatic carbocycles. The molecule has 122 valence electrons. The smallest absolute Gasteiger partial charge is 0.149 e. The van der Waals surface area contributed by atoms with Gasteiger partial charge in [0.25, 0.3) is 0 Å². The number of allylic oxidation sites excluding steroid dienone is 1. The van der Waals surface area contributed by atoms with Crippen molar-refractivity contribution in [1.82, 2.24) is 14.5 Å². The Bertz CT molecular complexity index is 1140. The molecule has 0 unspecified atom stereocenters. The molecule has 4 rings (SSSR count). The number of fused-ring (bicyclic) bond motifs is 2. The van der Waals surface area contributed by atoms with E-state index in [4.69, 9.17) is 0 Å². The highest BCUT2D eigenvalue weighted by Gasteiger charge is 2.11. The van der Waals surface area contributed by atoms with Gasteiger partial charge in [-0.3, -0.25) is 0 Å². The molecule has 0 aliphatic heterocycles. The number of benzene rings is 2. The van der Waals surface area contributed by atoms with Gasteiger partial charge in [-0.05, 0) is 49.2 Å². The van der Waals surface area contributed by atoms with Crippen molar-refractivity contribution in [2.24, 2.45) is 7.05 Å². The van der Waals surface area contributed by atoms with Crippen molar-refractivity contribution < 1.29 is 0 Å². The van der Waals surface area contributed by atoms with Crippen molar-refractivity contribution in [3.8, 4) is 6.07 Å². The minimum Gasteiger partial charge on any atom is -0.350 e. The molecule has 2 heterocycles. The number of hydrogen-bond acceptors (Lipinski definition) is 2. The summed E-state index contributed by atoms with van der Waals surface area (Å²) >= 11 is 0. The molecule has 0 aliphatic rings. The Morgan fingerprint density at radius 3 is 2.76 bits per heavy atom. The molecular weight excluding hydrogens is 308 g/mol. The zero-order valence-corrected chi connectivity index (χ0v) is 14.5. The number of hydrogen-bond donors (Lipinski definition) is 1. The number of para-hydroxylation sites is 1. The lowest BCUT2D eigenvalue weighted by Crippen LogP contribution is -1.84. The molecule has 0 radical (unpaired) electrons. The van der Waals surface area contributed by atoms with Gasteiger partial charge in [-0.2, -0.15) is 5.26 Å². The molecule has 0 saturated carbocycles. The maximum atomic E-state index is 9.67. The monoisotopic (exact) mass is 326 g/mol. The van der Waals surface area contributed by atoms with Crippen LogP contribution in [0, 0.1) is 25.2 Å². The summed E-state index contributed by atoms with van der Waals surface area (Å²) in [7, 11) is 2.01. The van der Waals surface area contributed by atoms with Crippen LogP contribution in [0.15, 0.2) is 42.6 Å². The SMILES string of the molecule is Cc1cc2nc(C(C#N)=Cc3cn(C)c4ccccc34)[nH]c2cc1C. The Balaban J connectivity index is 1.87. The topological polar surface area (TPSA) is 57.4 Å². The summed E-state index contributed by atoms with van der Waals surface area (Å²) in [6.07, 6.45) is 3.94. The summed E-state index contributed by atoms with van der Waals surface area (Å²) < 4.78 is 2.07. The number of nitriles is 1. The van der Waals surface area contributed by atoms with E-state index >= 15 is 0 Å². The van der Waals surface area contributed by atoms with E-state index < -0.39 is 0 Å². The van der Waals surface area contributed by atoms with Crippen molar-refractivity contribution in [1.29, 1.82) is 5.26 Å². The molecule has 4 nitrogen and oxygen atoms in total. The molecule has 25 heavy (non-hydrogen) atoms. The molecule has 0 aliphatic carbocycles. The summed E-state index contributed by atoms with van der Waals surface area (Å²) in [5.41, 5.74) is 6.93. The molecule has 0 atom stereocenters. The number of rotatable bonds is 2. The Labute approximate surface area is 146 Å². The van der Waals surface area contributed by atoms with Crippen LogP contribution in [0.1, 0.15) is 22.5 Å². The lowest BCUT2D eigenvalue weighted by Gasteiger charge is -1.97. The van der Waals surface area contributed by atoms with Gasteiger partial charge in [0.2, 0.25) is 0 Å². The molecule has 2 aromatic heterocycles. The highest BCUT2D eigenvalue weighted by atomic mass is 14.9. The van der Waals surface area contributed by atoms with E-state index in [0.717, 1.165) is 27.5 Å². The van der Waals surface area contributed by atoms with E-state index in [-0.39, 0.29) is 0 Å². The third-order valence-electron chi connectivity index (χ3n) is 4.70. The molecule has 4 heteroatoms. The third-order valence-corrected chi connectivity index (χ3v) is 4.70. The second kappa shape index (κ2) is 5.64. The summed E-state index contributed by atoms with van der Waals surface area (Å²) in [6.45, 7) is 4.15. The van der Waals surface area contributed by atoms with Crippen LogP contribution in [0.2, 0.25) is 0 Å². The zero-order valence-electron chi connectivity index (χ0n) is 14.5. The first-order chi connectivity index (χ1) is 12.1. The summed E-state index contributed by atoms with van der Waals surface area (Å²) in [6, 6.07) is 14.6. The number of nitrogens with one attached hydrogen (secondary N) is 1. The standard InChI is InChI=1S/C21H18N4/c1-13-8-18-19(9-14(13)2)24-21(23-18)15(11-22)10-16-12-25(3)20-7-5-4-6-17(16)20/h4-10,12H,1-3H3,(H,23,24). The van der Waals surface area contributed by atoms with Gasteiger partial charge < -0.3 is 9.55 Å². The van der Waals surface area contributed by atoms with Gasteiger partial charge in [-0.15, -0.1) is 0 Å². The van der Waals surface area contributed by atoms with Crippen LogP contribution in [0.4, 0.5) is 0 Å².